The van der Waals surface area contributed by atoms with E-state index in [9.17, 15) is 9.59 Å². The number of rotatable bonds is 9. The molecule has 0 aliphatic rings. The van der Waals surface area contributed by atoms with Gasteiger partial charge in [0.25, 0.3) is 5.91 Å². The third-order valence-corrected chi connectivity index (χ3v) is 3.82. The van der Waals surface area contributed by atoms with E-state index in [1.165, 1.54) is 19.4 Å². The monoisotopic (exact) mass is 425 g/mol. The van der Waals surface area contributed by atoms with Gasteiger partial charge in [0, 0.05) is 10.7 Å². The molecule has 0 fully saturated rings. The van der Waals surface area contributed by atoms with Crippen molar-refractivity contribution in [2.75, 3.05) is 25.6 Å². The molecule has 0 aliphatic carbocycles. The Balaban J connectivity index is 1.93. The molecule has 2 aromatic rings. The van der Waals surface area contributed by atoms with E-state index < -0.39 is 12.6 Å². The second kappa shape index (κ2) is 10.4. The topological polar surface area (TPSA) is 109 Å². The molecule has 2 aromatic carbocycles. The quantitative estimate of drug-likeness (QED) is 0.420. The Kier molecular flexibility index (Phi) is 7.91. The average Bonchev–Trinajstić information content (AvgIpc) is 2.66. The number of hydrazone groups is 1. The molecule has 0 atom stereocenters. The number of anilines is 1. The van der Waals surface area contributed by atoms with Gasteiger partial charge in [0.2, 0.25) is 0 Å². The van der Waals surface area contributed by atoms with Crippen molar-refractivity contribution in [3.05, 3.63) is 52.0 Å². The van der Waals surface area contributed by atoms with Crippen LogP contribution in [0.15, 0.2) is 41.5 Å². The van der Waals surface area contributed by atoms with Crippen LogP contribution < -0.4 is 20.2 Å². The number of hydrogen-bond acceptors (Lipinski definition) is 6. The minimum Gasteiger partial charge on any atom is -0.493 e. The van der Waals surface area contributed by atoms with E-state index in [1.54, 1.807) is 30.3 Å². The molecule has 10 heteroatoms. The first-order chi connectivity index (χ1) is 13.4. The van der Waals surface area contributed by atoms with Crippen molar-refractivity contribution in [2.45, 2.75) is 0 Å². The van der Waals surface area contributed by atoms with Crippen LogP contribution in [0.25, 0.3) is 0 Å². The first kappa shape index (κ1) is 21.3. The lowest BCUT2D eigenvalue weighted by molar-refractivity contribution is -0.139. The van der Waals surface area contributed by atoms with Crippen LogP contribution in [0.2, 0.25) is 10.0 Å². The van der Waals surface area contributed by atoms with Crippen molar-refractivity contribution in [3.8, 4) is 11.5 Å². The Morgan fingerprint density at radius 1 is 1.21 bits per heavy atom. The number of hydrogen-bond donors (Lipinski definition) is 3. The molecule has 0 unspecified atom stereocenters. The van der Waals surface area contributed by atoms with Gasteiger partial charge < -0.3 is 19.9 Å². The van der Waals surface area contributed by atoms with E-state index >= 15 is 0 Å². The van der Waals surface area contributed by atoms with Crippen molar-refractivity contribution in [1.82, 2.24) is 5.43 Å². The first-order valence-corrected chi connectivity index (χ1v) is 8.68. The lowest BCUT2D eigenvalue weighted by Crippen LogP contribution is -2.25. The van der Waals surface area contributed by atoms with E-state index in [1.807, 2.05) is 0 Å². The fourth-order valence-corrected chi connectivity index (χ4v) is 2.46. The van der Waals surface area contributed by atoms with Crippen LogP contribution in [-0.2, 0) is 9.59 Å². The number of carbonyl (C=O) groups is 2. The Hall–Kier alpha value is -2.97. The minimum absolute atomic E-state index is 0.0189. The molecule has 0 radical (unpaired) electrons. The lowest BCUT2D eigenvalue weighted by atomic mass is 10.2. The SMILES string of the molecule is COc1cc(/C=N\NC(=O)CNc2ccc(Cl)cc2)cc(Cl)c1OCC(=O)O. The summed E-state index contributed by atoms with van der Waals surface area (Å²) in [6.45, 7) is -0.536. The van der Waals surface area contributed by atoms with Crippen LogP contribution in [0, 0.1) is 0 Å². The van der Waals surface area contributed by atoms with Gasteiger partial charge in [-0.15, -0.1) is 0 Å². The van der Waals surface area contributed by atoms with E-state index in [4.69, 9.17) is 37.8 Å². The average molecular weight is 426 g/mol. The molecular weight excluding hydrogens is 409 g/mol. The Morgan fingerprint density at radius 3 is 2.57 bits per heavy atom. The molecule has 8 nitrogen and oxygen atoms in total. The van der Waals surface area contributed by atoms with Gasteiger partial charge in [0.15, 0.2) is 18.1 Å². The number of carbonyl (C=O) groups excluding carboxylic acids is 1. The number of methoxy groups -OCH3 is 1. The summed E-state index contributed by atoms with van der Waals surface area (Å²) >= 11 is 11.9. The normalized spacial score (nSPS) is 10.5. The number of carboxylic acid groups (broad SMARTS) is 1. The Bertz CT molecular complexity index is 872. The molecule has 0 heterocycles. The van der Waals surface area contributed by atoms with E-state index in [-0.39, 0.29) is 29.0 Å². The lowest BCUT2D eigenvalue weighted by Gasteiger charge is -2.11. The molecule has 0 aliphatic heterocycles. The highest BCUT2D eigenvalue weighted by atomic mass is 35.5. The first-order valence-electron chi connectivity index (χ1n) is 7.92. The zero-order chi connectivity index (χ0) is 20.5. The highest BCUT2D eigenvalue weighted by molar-refractivity contribution is 6.32. The van der Waals surface area contributed by atoms with Crippen molar-refractivity contribution < 1.29 is 24.2 Å². The fourth-order valence-electron chi connectivity index (χ4n) is 2.06. The minimum atomic E-state index is -1.14. The molecule has 3 N–H and O–H groups in total. The second-order valence-electron chi connectivity index (χ2n) is 5.37. The van der Waals surface area contributed by atoms with Gasteiger partial charge in [0.1, 0.15) is 0 Å². The van der Waals surface area contributed by atoms with Gasteiger partial charge in [0.05, 0.1) is 24.9 Å². The van der Waals surface area contributed by atoms with Crippen LogP contribution in [0.3, 0.4) is 0 Å². The molecule has 148 valence electrons. The fraction of sp³-hybridized carbons (Fsp3) is 0.167. The third-order valence-electron chi connectivity index (χ3n) is 3.29. The predicted octanol–water partition coefficient (Wildman–Crippen LogP) is 3.03. The number of aliphatic carboxylic acids is 1. The van der Waals surface area contributed by atoms with E-state index in [0.717, 1.165) is 5.69 Å². The van der Waals surface area contributed by atoms with Gasteiger partial charge >= 0.3 is 5.97 Å². The Morgan fingerprint density at radius 2 is 1.93 bits per heavy atom. The summed E-state index contributed by atoms with van der Waals surface area (Å²) in [6.07, 6.45) is 1.37. The molecule has 0 aromatic heterocycles. The molecule has 28 heavy (non-hydrogen) atoms. The Labute approximate surface area is 171 Å². The molecule has 2 rings (SSSR count). The van der Waals surface area contributed by atoms with Crippen molar-refractivity contribution in [2.24, 2.45) is 5.10 Å². The number of nitrogens with one attached hydrogen (secondary N) is 2. The molecule has 0 saturated heterocycles. The standard InChI is InChI=1S/C18H17Cl2N3O5/c1-27-15-7-11(6-14(20)18(15)28-10-17(25)26)8-22-23-16(24)9-21-13-4-2-12(19)3-5-13/h2-8,21H,9-10H2,1H3,(H,23,24)(H,25,26)/b22-8-. The summed E-state index contributed by atoms with van der Waals surface area (Å²) < 4.78 is 10.3. The van der Waals surface area contributed by atoms with Gasteiger partial charge in [-0.2, -0.15) is 5.10 Å². The summed E-state index contributed by atoms with van der Waals surface area (Å²) in [6, 6.07) is 9.97. The largest absolute Gasteiger partial charge is 0.493 e. The maximum Gasteiger partial charge on any atom is 0.341 e. The highest BCUT2D eigenvalue weighted by Crippen LogP contribution is 2.36. The predicted molar refractivity (Wildman–Crippen MR) is 107 cm³/mol. The van der Waals surface area contributed by atoms with Crippen molar-refractivity contribution in [1.29, 1.82) is 0 Å². The van der Waals surface area contributed by atoms with Gasteiger partial charge in [-0.05, 0) is 42.0 Å². The molecule has 0 bridgehead atoms. The van der Waals surface area contributed by atoms with E-state index in [0.29, 0.717) is 10.6 Å². The summed E-state index contributed by atoms with van der Waals surface area (Å²) in [4.78, 5) is 22.5. The van der Waals surface area contributed by atoms with Crippen LogP contribution in [0.1, 0.15) is 5.56 Å². The van der Waals surface area contributed by atoms with Crippen LogP contribution in [0.5, 0.6) is 11.5 Å². The van der Waals surface area contributed by atoms with Crippen molar-refractivity contribution >= 4 is 47.0 Å². The van der Waals surface area contributed by atoms with Gasteiger partial charge in [-0.1, -0.05) is 23.2 Å². The molecule has 1 amide bonds. The number of carboxylic acids is 1. The molecule has 0 spiro atoms. The summed E-state index contributed by atoms with van der Waals surface area (Å²) in [7, 11) is 1.39. The zero-order valence-electron chi connectivity index (χ0n) is 14.7. The summed E-state index contributed by atoms with van der Waals surface area (Å²) in [5.41, 5.74) is 3.64. The number of ether oxygens (including phenoxy) is 2. The number of benzene rings is 2. The zero-order valence-corrected chi connectivity index (χ0v) is 16.3. The second-order valence-corrected chi connectivity index (χ2v) is 6.21. The summed E-state index contributed by atoms with van der Waals surface area (Å²) in [5, 5.41) is 16.2. The number of halogens is 2. The van der Waals surface area contributed by atoms with Gasteiger partial charge in [-0.25, -0.2) is 10.2 Å². The maximum absolute atomic E-state index is 11.8. The highest BCUT2D eigenvalue weighted by Gasteiger charge is 2.13. The van der Waals surface area contributed by atoms with E-state index in [2.05, 4.69) is 15.8 Å². The van der Waals surface area contributed by atoms with Crippen molar-refractivity contribution in [3.63, 3.8) is 0 Å². The summed E-state index contributed by atoms with van der Waals surface area (Å²) in [5.74, 6) is -1.14. The molecular formula is C18H17Cl2N3O5. The van der Waals surface area contributed by atoms with Crippen LogP contribution >= 0.6 is 23.2 Å². The maximum atomic E-state index is 11.8. The smallest absolute Gasteiger partial charge is 0.341 e. The van der Waals surface area contributed by atoms with Gasteiger partial charge in [-0.3, -0.25) is 4.79 Å². The number of nitrogens with zero attached hydrogens (tertiary/aromatic N) is 1. The third kappa shape index (κ3) is 6.64. The molecule has 0 saturated carbocycles. The van der Waals surface area contributed by atoms with Crippen LogP contribution in [-0.4, -0.2) is 43.5 Å². The number of amides is 1. The van der Waals surface area contributed by atoms with Crippen LogP contribution in [0.4, 0.5) is 5.69 Å².